The third-order valence-corrected chi connectivity index (χ3v) is 4.89. The third-order valence-electron chi connectivity index (χ3n) is 3.84. The maximum atomic E-state index is 8.99. The molecule has 1 aromatic rings. The maximum absolute atomic E-state index is 8.99. The topological polar surface area (TPSA) is 40.8 Å². The van der Waals surface area contributed by atoms with Crippen LogP contribution in [0.15, 0.2) is 6.07 Å². The summed E-state index contributed by atoms with van der Waals surface area (Å²) in [6.07, 6.45) is 2.68. The monoisotopic (exact) mass is 263 g/mol. The second-order valence-corrected chi connectivity index (χ2v) is 6.22. The van der Waals surface area contributed by atoms with Crippen LogP contribution < -0.4 is 5.32 Å². The summed E-state index contributed by atoms with van der Waals surface area (Å²) in [6.45, 7) is 4.07. The molecule has 98 valence electrons. The number of nitrogens with one attached hydrogen (secondary N) is 1. The maximum Gasteiger partial charge on any atom is 0.120 e. The molecule has 4 heteroatoms. The molecular weight excluding hydrogens is 242 g/mol. The van der Waals surface area contributed by atoms with Gasteiger partial charge in [0.05, 0.1) is 0 Å². The van der Waals surface area contributed by atoms with E-state index in [2.05, 4.69) is 30.1 Å². The van der Waals surface area contributed by atoms with Crippen molar-refractivity contribution in [1.82, 2.24) is 9.88 Å². The number of rotatable bonds is 4. The van der Waals surface area contributed by atoms with Gasteiger partial charge in [-0.25, -0.2) is 0 Å². The number of nitrogens with zero attached hydrogens (tertiary/aromatic N) is 2. The fourth-order valence-corrected chi connectivity index (χ4v) is 3.61. The predicted octanol–water partition coefficient (Wildman–Crippen LogP) is 2.44. The van der Waals surface area contributed by atoms with Crippen LogP contribution in [0.25, 0.3) is 0 Å². The zero-order valence-corrected chi connectivity index (χ0v) is 12.0. The lowest BCUT2D eigenvalue weighted by Crippen LogP contribution is -2.25. The van der Waals surface area contributed by atoms with Gasteiger partial charge in [0.25, 0.3) is 0 Å². The van der Waals surface area contributed by atoms with Gasteiger partial charge in [-0.3, -0.25) is 0 Å². The van der Waals surface area contributed by atoms with Gasteiger partial charge in [0.15, 0.2) is 0 Å². The van der Waals surface area contributed by atoms with Crippen molar-refractivity contribution < 1.29 is 0 Å². The van der Waals surface area contributed by atoms with Crippen LogP contribution in [0, 0.1) is 24.2 Å². The molecule has 0 bridgehead atoms. The quantitative estimate of drug-likeness (QED) is 0.907. The molecule has 1 fully saturated rings. The van der Waals surface area contributed by atoms with Crippen LogP contribution in [0.4, 0.5) is 0 Å². The Balaban J connectivity index is 1.85. The minimum Gasteiger partial charge on any atom is -0.340 e. The molecule has 2 rings (SSSR count). The fourth-order valence-electron chi connectivity index (χ4n) is 2.41. The van der Waals surface area contributed by atoms with Crippen molar-refractivity contribution in [1.29, 1.82) is 5.26 Å². The van der Waals surface area contributed by atoms with Gasteiger partial charge in [-0.15, -0.1) is 0 Å². The second kappa shape index (κ2) is 6.31. The Morgan fingerprint density at radius 3 is 2.83 bits per heavy atom. The zero-order chi connectivity index (χ0) is 13.0. The highest BCUT2D eigenvalue weighted by Gasteiger charge is 2.14. The molecule has 0 saturated carbocycles. The normalized spacial score (nSPS) is 16.7. The van der Waals surface area contributed by atoms with Crippen molar-refractivity contribution in [3.63, 3.8) is 0 Å². The largest absolute Gasteiger partial charge is 0.340 e. The fraction of sp³-hybridized carbons (Fsp3) is 0.643. The van der Waals surface area contributed by atoms with E-state index in [0.29, 0.717) is 0 Å². The highest BCUT2D eigenvalue weighted by Crippen LogP contribution is 2.22. The highest BCUT2D eigenvalue weighted by molar-refractivity contribution is 7.99. The van der Waals surface area contributed by atoms with Gasteiger partial charge in [0, 0.05) is 19.3 Å². The van der Waals surface area contributed by atoms with E-state index < -0.39 is 0 Å². The summed E-state index contributed by atoms with van der Waals surface area (Å²) in [5, 5.41) is 12.5. The SMILES string of the molecule is Cc1c(CNCC2CCSCC2)cc(C#N)n1C. The van der Waals surface area contributed by atoms with Crippen LogP contribution in [0.1, 0.15) is 29.8 Å². The average molecular weight is 263 g/mol. The van der Waals surface area contributed by atoms with Crippen molar-refractivity contribution in [2.45, 2.75) is 26.3 Å². The minimum atomic E-state index is 0.748. The number of nitriles is 1. The molecule has 0 radical (unpaired) electrons. The molecule has 1 N–H and O–H groups in total. The first-order chi connectivity index (χ1) is 8.72. The van der Waals surface area contributed by atoms with Crippen LogP contribution in [0.2, 0.25) is 0 Å². The van der Waals surface area contributed by atoms with E-state index in [0.717, 1.165) is 24.7 Å². The first-order valence-electron chi connectivity index (χ1n) is 6.56. The highest BCUT2D eigenvalue weighted by atomic mass is 32.2. The van der Waals surface area contributed by atoms with Crippen LogP contribution in [-0.2, 0) is 13.6 Å². The van der Waals surface area contributed by atoms with Crippen LogP contribution >= 0.6 is 11.8 Å². The smallest absolute Gasteiger partial charge is 0.120 e. The predicted molar refractivity (Wildman–Crippen MR) is 76.6 cm³/mol. The molecule has 0 spiro atoms. The number of thioether (sulfide) groups is 1. The summed E-state index contributed by atoms with van der Waals surface area (Å²) in [5.74, 6) is 3.47. The molecule has 1 aromatic heterocycles. The lowest BCUT2D eigenvalue weighted by molar-refractivity contribution is 0.447. The van der Waals surface area contributed by atoms with Gasteiger partial charge >= 0.3 is 0 Å². The van der Waals surface area contributed by atoms with Gasteiger partial charge < -0.3 is 9.88 Å². The summed E-state index contributed by atoms with van der Waals surface area (Å²) in [5.41, 5.74) is 3.19. The number of aromatic nitrogens is 1. The Morgan fingerprint density at radius 1 is 1.50 bits per heavy atom. The van der Waals surface area contributed by atoms with E-state index >= 15 is 0 Å². The molecule has 1 aliphatic heterocycles. The molecule has 0 amide bonds. The van der Waals surface area contributed by atoms with E-state index in [1.54, 1.807) is 0 Å². The van der Waals surface area contributed by atoms with Gasteiger partial charge in [-0.05, 0) is 55.4 Å². The Hall–Kier alpha value is -0.920. The van der Waals surface area contributed by atoms with Crippen LogP contribution in [-0.4, -0.2) is 22.6 Å². The van der Waals surface area contributed by atoms with Crippen LogP contribution in [0.3, 0.4) is 0 Å². The first kappa shape index (κ1) is 13.5. The lowest BCUT2D eigenvalue weighted by atomic mass is 10.0. The van der Waals surface area contributed by atoms with Crippen LogP contribution in [0.5, 0.6) is 0 Å². The van der Waals surface area contributed by atoms with Crippen molar-refractivity contribution >= 4 is 11.8 Å². The van der Waals surface area contributed by atoms with Crippen molar-refractivity contribution in [3.05, 3.63) is 23.0 Å². The summed E-state index contributed by atoms with van der Waals surface area (Å²) >= 11 is 2.07. The second-order valence-electron chi connectivity index (χ2n) is 5.00. The lowest BCUT2D eigenvalue weighted by Gasteiger charge is -2.21. The Labute approximate surface area is 114 Å². The number of hydrogen-bond donors (Lipinski definition) is 1. The van der Waals surface area contributed by atoms with E-state index in [4.69, 9.17) is 5.26 Å². The van der Waals surface area contributed by atoms with E-state index in [1.807, 2.05) is 17.7 Å². The summed E-state index contributed by atoms with van der Waals surface area (Å²) in [4.78, 5) is 0. The van der Waals surface area contributed by atoms with E-state index in [1.165, 1.54) is 35.6 Å². The van der Waals surface area contributed by atoms with E-state index in [9.17, 15) is 0 Å². The molecule has 0 unspecified atom stereocenters. The third kappa shape index (κ3) is 3.09. The molecule has 0 atom stereocenters. The molecule has 0 aromatic carbocycles. The summed E-state index contributed by atoms with van der Waals surface area (Å²) in [6, 6.07) is 4.23. The molecule has 1 aliphatic rings. The zero-order valence-electron chi connectivity index (χ0n) is 11.2. The molecule has 2 heterocycles. The standard InChI is InChI=1S/C14H21N3S/c1-11-13(7-14(8-15)17(11)2)10-16-9-12-3-5-18-6-4-12/h7,12,16H,3-6,9-10H2,1-2H3. The average Bonchev–Trinajstić information content (AvgIpc) is 2.68. The summed E-state index contributed by atoms with van der Waals surface area (Å²) < 4.78 is 1.97. The van der Waals surface area contributed by atoms with Gasteiger partial charge in [-0.2, -0.15) is 17.0 Å². The molecular formula is C14H21N3S. The molecule has 0 aliphatic carbocycles. The number of hydrogen-bond acceptors (Lipinski definition) is 3. The first-order valence-corrected chi connectivity index (χ1v) is 7.71. The van der Waals surface area contributed by atoms with Gasteiger partial charge in [-0.1, -0.05) is 0 Å². The van der Waals surface area contributed by atoms with Crippen molar-refractivity contribution in [2.24, 2.45) is 13.0 Å². The van der Waals surface area contributed by atoms with Gasteiger partial charge in [0.1, 0.15) is 11.8 Å². The van der Waals surface area contributed by atoms with Crippen molar-refractivity contribution in [2.75, 3.05) is 18.1 Å². The Morgan fingerprint density at radius 2 is 2.22 bits per heavy atom. The molecule has 18 heavy (non-hydrogen) atoms. The minimum absolute atomic E-state index is 0.748. The van der Waals surface area contributed by atoms with E-state index in [-0.39, 0.29) is 0 Å². The van der Waals surface area contributed by atoms with Gasteiger partial charge in [0.2, 0.25) is 0 Å². The Kier molecular flexibility index (Phi) is 4.73. The molecule has 1 saturated heterocycles. The van der Waals surface area contributed by atoms with Crippen molar-refractivity contribution in [3.8, 4) is 6.07 Å². The Bertz CT molecular complexity index is 439. The summed E-state index contributed by atoms with van der Waals surface area (Å²) in [7, 11) is 1.95. The molecule has 3 nitrogen and oxygen atoms in total.